The van der Waals surface area contributed by atoms with Gasteiger partial charge in [-0.3, -0.25) is 4.79 Å². The number of aliphatic hydroxyl groups is 1. The summed E-state index contributed by atoms with van der Waals surface area (Å²) in [4.78, 5) is 24.4. The van der Waals surface area contributed by atoms with Crippen LogP contribution >= 0.6 is 0 Å². The van der Waals surface area contributed by atoms with Crippen LogP contribution in [0, 0.1) is 0 Å². The molecule has 23 heavy (non-hydrogen) atoms. The predicted molar refractivity (Wildman–Crippen MR) is 86.4 cm³/mol. The first-order valence-electron chi connectivity index (χ1n) is 7.56. The lowest BCUT2D eigenvalue weighted by Gasteiger charge is -2.25. The van der Waals surface area contributed by atoms with Gasteiger partial charge in [0.2, 0.25) is 0 Å². The second-order valence-electron chi connectivity index (χ2n) is 6.70. The van der Waals surface area contributed by atoms with E-state index in [2.05, 4.69) is 5.32 Å². The Balaban J connectivity index is 2.03. The van der Waals surface area contributed by atoms with E-state index in [1.807, 2.05) is 18.2 Å². The zero-order chi connectivity index (χ0) is 16.8. The number of pyridine rings is 1. The Bertz CT molecular complexity index is 819. The summed E-state index contributed by atoms with van der Waals surface area (Å²) in [5, 5.41) is 13.5. The monoisotopic (exact) mass is 316 g/mol. The Morgan fingerprint density at radius 3 is 2.70 bits per heavy atom. The molecule has 2 heterocycles. The Morgan fingerprint density at radius 2 is 2.04 bits per heavy atom. The molecule has 122 valence electrons. The molecule has 2 aromatic rings. The minimum absolute atomic E-state index is 0.197. The summed E-state index contributed by atoms with van der Waals surface area (Å²) in [5.74, 6) is 0. The Hall–Kier alpha value is -2.34. The summed E-state index contributed by atoms with van der Waals surface area (Å²) in [5.41, 5.74) is 0.746. The molecule has 0 bridgehead atoms. The van der Waals surface area contributed by atoms with Crippen molar-refractivity contribution in [3.63, 3.8) is 0 Å². The molecule has 0 spiro atoms. The number of nitrogens with one attached hydrogen (secondary N) is 1. The number of aromatic nitrogens is 1. The maximum Gasteiger partial charge on any atom is 0.408 e. The van der Waals surface area contributed by atoms with Crippen molar-refractivity contribution in [3.05, 3.63) is 46.2 Å². The van der Waals surface area contributed by atoms with Crippen LogP contribution in [0.2, 0.25) is 0 Å². The zero-order valence-electron chi connectivity index (χ0n) is 13.4. The van der Waals surface area contributed by atoms with Gasteiger partial charge in [0.1, 0.15) is 5.60 Å². The zero-order valence-corrected chi connectivity index (χ0v) is 13.4. The molecule has 6 heteroatoms. The van der Waals surface area contributed by atoms with Crippen LogP contribution in [0.5, 0.6) is 0 Å². The van der Waals surface area contributed by atoms with Crippen molar-refractivity contribution in [1.82, 2.24) is 9.88 Å². The van der Waals surface area contributed by atoms with Crippen LogP contribution < -0.4 is 10.9 Å². The largest absolute Gasteiger partial charge is 0.444 e. The first-order chi connectivity index (χ1) is 10.8. The molecule has 1 aromatic carbocycles. The third-order valence-electron chi connectivity index (χ3n) is 3.89. The molecule has 2 N–H and O–H groups in total. The highest BCUT2D eigenvalue weighted by molar-refractivity contribution is 5.85. The molecule has 0 unspecified atom stereocenters. The van der Waals surface area contributed by atoms with Gasteiger partial charge < -0.3 is 19.7 Å². The first kappa shape index (κ1) is 15.6. The highest BCUT2D eigenvalue weighted by atomic mass is 16.6. The van der Waals surface area contributed by atoms with Crippen molar-refractivity contribution >= 4 is 17.0 Å². The summed E-state index contributed by atoms with van der Waals surface area (Å²) in [6, 6.07) is 7.81. The molecular weight excluding hydrogens is 296 g/mol. The summed E-state index contributed by atoms with van der Waals surface area (Å²) < 4.78 is 6.85. The van der Waals surface area contributed by atoms with E-state index in [-0.39, 0.29) is 12.2 Å². The molecule has 1 amide bonds. The van der Waals surface area contributed by atoms with Crippen LogP contribution in [0.1, 0.15) is 38.4 Å². The van der Waals surface area contributed by atoms with Crippen molar-refractivity contribution in [1.29, 1.82) is 0 Å². The minimum Gasteiger partial charge on any atom is -0.444 e. The molecule has 0 saturated heterocycles. The summed E-state index contributed by atoms with van der Waals surface area (Å²) >= 11 is 0. The van der Waals surface area contributed by atoms with E-state index in [9.17, 15) is 14.7 Å². The summed E-state index contributed by atoms with van der Waals surface area (Å²) in [7, 11) is 0. The SMILES string of the molecule is CC(C)(C)OC(=O)N[C@@H]1c2cccc3ccc(=O)n(c23)[C@H]1CO. The first-order valence-corrected chi connectivity index (χ1v) is 7.56. The number of hydrogen-bond acceptors (Lipinski definition) is 4. The number of amides is 1. The summed E-state index contributed by atoms with van der Waals surface area (Å²) in [6.07, 6.45) is -0.571. The van der Waals surface area contributed by atoms with Crippen LogP contribution in [0.25, 0.3) is 10.9 Å². The normalized spacial score (nSPS) is 19.8. The highest BCUT2D eigenvalue weighted by Gasteiger charge is 2.36. The van der Waals surface area contributed by atoms with E-state index in [4.69, 9.17) is 4.74 Å². The van der Waals surface area contributed by atoms with Gasteiger partial charge in [-0.1, -0.05) is 18.2 Å². The van der Waals surface area contributed by atoms with E-state index < -0.39 is 23.8 Å². The second kappa shape index (κ2) is 5.38. The third kappa shape index (κ3) is 2.70. The standard InChI is InChI=1S/C17H20N2O4/c1-17(2,3)23-16(22)18-14-11-6-4-5-10-7-8-13(21)19(15(10)11)12(14)9-20/h4-8,12,14,20H,9H2,1-3H3,(H,18,22)/t12-,14+/m0/s1. The van der Waals surface area contributed by atoms with Crippen LogP contribution in [-0.2, 0) is 4.74 Å². The number of nitrogens with zero attached hydrogens (tertiary/aromatic N) is 1. The van der Waals surface area contributed by atoms with Gasteiger partial charge in [0, 0.05) is 11.6 Å². The van der Waals surface area contributed by atoms with Crippen molar-refractivity contribution in [2.45, 2.75) is 38.5 Å². The number of hydrogen-bond donors (Lipinski definition) is 2. The lowest BCUT2D eigenvalue weighted by atomic mass is 10.0. The Morgan fingerprint density at radius 1 is 1.30 bits per heavy atom. The second-order valence-corrected chi connectivity index (χ2v) is 6.70. The fourth-order valence-electron chi connectivity index (χ4n) is 3.08. The number of alkyl carbamates (subject to hydrolysis) is 1. The highest BCUT2D eigenvalue weighted by Crippen LogP contribution is 2.38. The van der Waals surface area contributed by atoms with Crippen molar-refractivity contribution < 1.29 is 14.6 Å². The van der Waals surface area contributed by atoms with Crippen LogP contribution in [0.4, 0.5) is 4.79 Å². The number of carbonyl (C=O) groups is 1. The van der Waals surface area contributed by atoms with Crippen molar-refractivity contribution in [3.8, 4) is 0 Å². The molecule has 0 radical (unpaired) electrons. The Kier molecular flexibility index (Phi) is 3.64. The van der Waals surface area contributed by atoms with Gasteiger partial charge >= 0.3 is 6.09 Å². The third-order valence-corrected chi connectivity index (χ3v) is 3.89. The van der Waals surface area contributed by atoms with Crippen molar-refractivity contribution in [2.24, 2.45) is 0 Å². The van der Waals surface area contributed by atoms with Gasteiger partial charge in [-0.15, -0.1) is 0 Å². The van der Waals surface area contributed by atoms with Crippen LogP contribution in [-0.4, -0.2) is 28.0 Å². The fourth-order valence-corrected chi connectivity index (χ4v) is 3.08. The average molecular weight is 316 g/mol. The number of benzene rings is 1. The van der Waals surface area contributed by atoms with Gasteiger partial charge in [-0.05, 0) is 32.2 Å². The molecule has 3 rings (SSSR count). The average Bonchev–Trinajstić information content (AvgIpc) is 2.77. The maximum absolute atomic E-state index is 12.2. The van der Waals surface area contributed by atoms with Gasteiger partial charge in [0.15, 0.2) is 0 Å². The lowest BCUT2D eigenvalue weighted by Crippen LogP contribution is -2.38. The van der Waals surface area contributed by atoms with E-state index in [1.165, 1.54) is 6.07 Å². The fraction of sp³-hybridized carbons (Fsp3) is 0.412. The molecule has 0 aliphatic carbocycles. The molecule has 0 saturated carbocycles. The number of carbonyl (C=O) groups excluding carboxylic acids is 1. The quantitative estimate of drug-likeness (QED) is 0.889. The topological polar surface area (TPSA) is 80.6 Å². The predicted octanol–water partition coefficient (Wildman–Crippen LogP) is 2.11. The van der Waals surface area contributed by atoms with E-state index in [0.29, 0.717) is 0 Å². The van der Waals surface area contributed by atoms with Crippen molar-refractivity contribution in [2.75, 3.05) is 6.61 Å². The number of rotatable bonds is 2. The molecule has 1 aromatic heterocycles. The molecule has 1 aliphatic heterocycles. The van der Waals surface area contributed by atoms with Crippen LogP contribution in [0.15, 0.2) is 35.1 Å². The Labute approximate surface area is 133 Å². The summed E-state index contributed by atoms with van der Waals surface area (Å²) in [6.45, 7) is 5.09. The molecular formula is C17H20N2O4. The molecule has 1 aliphatic rings. The van der Waals surface area contributed by atoms with E-state index in [0.717, 1.165) is 16.5 Å². The van der Waals surface area contributed by atoms with Gasteiger partial charge in [-0.25, -0.2) is 4.79 Å². The van der Waals surface area contributed by atoms with Gasteiger partial charge in [0.05, 0.1) is 24.2 Å². The number of ether oxygens (including phenoxy) is 1. The number of para-hydroxylation sites is 1. The minimum atomic E-state index is -0.618. The maximum atomic E-state index is 12.2. The van der Waals surface area contributed by atoms with E-state index in [1.54, 1.807) is 31.4 Å². The number of aliphatic hydroxyl groups excluding tert-OH is 1. The molecule has 0 fully saturated rings. The van der Waals surface area contributed by atoms with Gasteiger partial charge in [0.25, 0.3) is 5.56 Å². The molecule has 2 atom stereocenters. The molecule has 6 nitrogen and oxygen atoms in total. The lowest BCUT2D eigenvalue weighted by molar-refractivity contribution is 0.0479. The smallest absolute Gasteiger partial charge is 0.408 e. The van der Waals surface area contributed by atoms with Crippen LogP contribution in [0.3, 0.4) is 0 Å². The van der Waals surface area contributed by atoms with E-state index >= 15 is 0 Å². The van der Waals surface area contributed by atoms with Gasteiger partial charge in [-0.2, -0.15) is 0 Å².